The van der Waals surface area contributed by atoms with Gasteiger partial charge in [0.1, 0.15) is 0 Å². The SMILES string of the molecule is Clc1nc(Cl)nc(Nc2cc(Cl)c(Cl)cc2Cl)n1. The van der Waals surface area contributed by atoms with Gasteiger partial charge in [-0.15, -0.1) is 0 Å². The van der Waals surface area contributed by atoms with Gasteiger partial charge in [0.25, 0.3) is 0 Å². The van der Waals surface area contributed by atoms with Crippen molar-refractivity contribution in [1.82, 2.24) is 15.0 Å². The summed E-state index contributed by atoms with van der Waals surface area (Å²) < 4.78 is 0. The van der Waals surface area contributed by atoms with E-state index >= 15 is 0 Å². The third-order valence-corrected chi connectivity index (χ3v) is 3.21. The summed E-state index contributed by atoms with van der Waals surface area (Å²) in [5.41, 5.74) is 0.476. The molecule has 0 atom stereocenters. The second-order valence-electron chi connectivity index (χ2n) is 3.07. The minimum absolute atomic E-state index is 0.0336. The van der Waals surface area contributed by atoms with Crippen LogP contribution in [-0.4, -0.2) is 15.0 Å². The van der Waals surface area contributed by atoms with Crippen molar-refractivity contribution < 1.29 is 0 Å². The van der Waals surface area contributed by atoms with Gasteiger partial charge in [0.05, 0.1) is 20.8 Å². The van der Waals surface area contributed by atoms with Crippen molar-refractivity contribution >= 4 is 69.6 Å². The molecule has 0 spiro atoms. The molecule has 1 aromatic heterocycles. The number of aromatic nitrogens is 3. The molecule has 9 heteroatoms. The lowest BCUT2D eigenvalue weighted by Gasteiger charge is -2.08. The number of hydrogen-bond donors (Lipinski definition) is 1. The molecular weight excluding hydrogens is 341 g/mol. The second kappa shape index (κ2) is 5.63. The Balaban J connectivity index is 2.36. The molecular formula is C9H3Cl5N4. The molecule has 0 radical (unpaired) electrons. The normalized spacial score (nSPS) is 10.5. The Hall–Kier alpha value is -0.520. The van der Waals surface area contributed by atoms with E-state index in [-0.39, 0.29) is 16.5 Å². The van der Waals surface area contributed by atoms with Crippen molar-refractivity contribution in [3.63, 3.8) is 0 Å². The van der Waals surface area contributed by atoms with E-state index in [4.69, 9.17) is 58.0 Å². The van der Waals surface area contributed by atoms with Crippen LogP contribution in [0.1, 0.15) is 0 Å². The van der Waals surface area contributed by atoms with Gasteiger partial charge in [0, 0.05) is 0 Å². The highest BCUT2D eigenvalue weighted by Gasteiger charge is 2.09. The number of nitrogens with zero attached hydrogens (tertiary/aromatic N) is 3. The van der Waals surface area contributed by atoms with Crippen LogP contribution in [0.5, 0.6) is 0 Å². The molecule has 18 heavy (non-hydrogen) atoms. The minimum atomic E-state index is -0.0336. The molecule has 0 fully saturated rings. The molecule has 2 rings (SSSR count). The zero-order valence-electron chi connectivity index (χ0n) is 8.39. The van der Waals surface area contributed by atoms with E-state index in [1.807, 2.05) is 0 Å². The molecule has 0 aliphatic carbocycles. The van der Waals surface area contributed by atoms with E-state index in [1.54, 1.807) is 0 Å². The standard InChI is InChI=1S/C9H3Cl5N4/c10-3-1-5(12)6(2-4(3)11)15-9-17-7(13)16-8(14)18-9/h1-2H,(H,15,16,17,18). The summed E-state index contributed by atoms with van der Waals surface area (Å²) in [4.78, 5) is 11.3. The van der Waals surface area contributed by atoms with E-state index in [9.17, 15) is 0 Å². The molecule has 0 unspecified atom stereocenters. The number of anilines is 2. The highest BCUT2D eigenvalue weighted by atomic mass is 35.5. The summed E-state index contributed by atoms with van der Waals surface area (Å²) in [6.07, 6.45) is 0. The number of hydrogen-bond acceptors (Lipinski definition) is 4. The summed E-state index contributed by atoms with van der Waals surface area (Å²) in [6.45, 7) is 0. The molecule has 94 valence electrons. The van der Waals surface area contributed by atoms with Crippen molar-refractivity contribution in [2.75, 3.05) is 5.32 Å². The summed E-state index contributed by atoms with van der Waals surface area (Å²) in [5.74, 6) is 0.153. The average Bonchev–Trinajstić information content (AvgIpc) is 2.24. The lowest BCUT2D eigenvalue weighted by Crippen LogP contribution is -2.00. The Labute approximate surface area is 127 Å². The zero-order chi connectivity index (χ0) is 13.3. The van der Waals surface area contributed by atoms with Crippen LogP contribution in [0.4, 0.5) is 11.6 Å². The van der Waals surface area contributed by atoms with E-state index in [1.165, 1.54) is 12.1 Å². The molecule has 0 aliphatic rings. The number of benzene rings is 1. The van der Waals surface area contributed by atoms with Gasteiger partial charge in [0.2, 0.25) is 16.5 Å². The van der Waals surface area contributed by atoms with Crippen LogP contribution in [-0.2, 0) is 0 Å². The fourth-order valence-electron chi connectivity index (χ4n) is 1.12. The van der Waals surface area contributed by atoms with Crippen LogP contribution in [0, 0.1) is 0 Å². The van der Waals surface area contributed by atoms with Gasteiger partial charge < -0.3 is 5.32 Å². The third-order valence-electron chi connectivity index (χ3n) is 1.84. The maximum atomic E-state index is 5.99. The molecule has 4 nitrogen and oxygen atoms in total. The smallest absolute Gasteiger partial charge is 0.232 e. The van der Waals surface area contributed by atoms with Crippen LogP contribution >= 0.6 is 58.0 Å². The van der Waals surface area contributed by atoms with E-state index in [2.05, 4.69) is 20.3 Å². The quantitative estimate of drug-likeness (QED) is 0.789. The predicted octanol–water partition coefficient (Wildman–Crippen LogP) is 4.88. The van der Waals surface area contributed by atoms with E-state index < -0.39 is 0 Å². The van der Waals surface area contributed by atoms with Crippen molar-refractivity contribution in [2.24, 2.45) is 0 Å². The number of nitrogens with one attached hydrogen (secondary N) is 1. The van der Waals surface area contributed by atoms with Crippen molar-refractivity contribution in [2.45, 2.75) is 0 Å². The maximum absolute atomic E-state index is 5.99. The first kappa shape index (κ1) is 13.9. The monoisotopic (exact) mass is 342 g/mol. The lowest BCUT2D eigenvalue weighted by molar-refractivity contribution is 1.05. The first-order valence-corrected chi connectivity index (χ1v) is 6.33. The fraction of sp³-hybridized carbons (Fsp3) is 0. The van der Waals surface area contributed by atoms with E-state index in [0.29, 0.717) is 20.8 Å². The molecule has 1 heterocycles. The third kappa shape index (κ3) is 3.28. The fourth-order valence-corrected chi connectivity index (χ4v) is 2.08. The Kier molecular flexibility index (Phi) is 4.35. The molecule has 0 aliphatic heterocycles. The Morgan fingerprint density at radius 1 is 0.722 bits per heavy atom. The van der Waals surface area contributed by atoms with Gasteiger partial charge in [-0.2, -0.15) is 15.0 Å². The topological polar surface area (TPSA) is 50.7 Å². The largest absolute Gasteiger partial charge is 0.323 e. The summed E-state index contributed by atoms with van der Waals surface area (Å²) >= 11 is 29.0. The molecule has 0 saturated carbocycles. The van der Waals surface area contributed by atoms with Gasteiger partial charge in [-0.1, -0.05) is 34.8 Å². The van der Waals surface area contributed by atoms with Crippen LogP contribution < -0.4 is 5.32 Å². The van der Waals surface area contributed by atoms with E-state index in [0.717, 1.165) is 0 Å². The van der Waals surface area contributed by atoms with Gasteiger partial charge >= 0.3 is 0 Å². The Morgan fingerprint density at radius 2 is 1.28 bits per heavy atom. The average molecular weight is 344 g/mol. The molecule has 0 amide bonds. The van der Waals surface area contributed by atoms with Crippen LogP contribution in [0.15, 0.2) is 12.1 Å². The van der Waals surface area contributed by atoms with Gasteiger partial charge in [-0.25, -0.2) is 0 Å². The first-order valence-electron chi connectivity index (χ1n) is 4.44. The molecule has 0 bridgehead atoms. The number of halogens is 5. The van der Waals surface area contributed by atoms with Gasteiger partial charge in [0.15, 0.2) is 0 Å². The van der Waals surface area contributed by atoms with Crippen LogP contribution in [0.3, 0.4) is 0 Å². The van der Waals surface area contributed by atoms with Crippen molar-refractivity contribution in [3.8, 4) is 0 Å². The zero-order valence-corrected chi connectivity index (χ0v) is 12.2. The van der Waals surface area contributed by atoms with Gasteiger partial charge in [-0.05, 0) is 35.3 Å². The summed E-state index contributed by atoms with van der Waals surface area (Å²) in [5, 5.41) is 3.80. The highest BCUT2D eigenvalue weighted by Crippen LogP contribution is 2.33. The lowest BCUT2D eigenvalue weighted by atomic mass is 10.3. The maximum Gasteiger partial charge on any atom is 0.232 e. The van der Waals surface area contributed by atoms with Crippen molar-refractivity contribution in [1.29, 1.82) is 0 Å². The molecule has 0 saturated heterocycles. The van der Waals surface area contributed by atoms with Gasteiger partial charge in [-0.3, -0.25) is 0 Å². The molecule has 1 N–H and O–H groups in total. The molecule has 1 aromatic carbocycles. The molecule has 2 aromatic rings. The summed E-state index contributed by atoms with van der Waals surface area (Å²) in [6, 6.07) is 3.04. The Morgan fingerprint density at radius 3 is 1.89 bits per heavy atom. The first-order chi connectivity index (χ1) is 8.45. The predicted molar refractivity (Wildman–Crippen MR) is 74.6 cm³/mol. The van der Waals surface area contributed by atoms with Crippen molar-refractivity contribution in [3.05, 3.63) is 37.8 Å². The van der Waals surface area contributed by atoms with Crippen LogP contribution in [0.25, 0.3) is 0 Å². The minimum Gasteiger partial charge on any atom is -0.323 e. The Bertz CT molecular complexity index is 584. The number of rotatable bonds is 2. The second-order valence-corrected chi connectivity index (χ2v) is 4.97. The summed E-state index contributed by atoms with van der Waals surface area (Å²) in [7, 11) is 0. The highest BCUT2D eigenvalue weighted by molar-refractivity contribution is 6.44. The van der Waals surface area contributed by atoms with Crippen LogP contribution in [0.2, 0.25) is 25.6 Å².